The molecule has 1 unspecified atom stereocenters. The van der Waals surface area contributed by atoms with Crippen LogP contribution >= 0.6 is 11.8 Å². The van der Waals surface area contributed by atoms with Crippen LogP contribution in [0.1, 0.15) is 24.5 Å². The first-order valence-corrected chi connectivity index (χ1v) is 9.05. The van der Waals surface area contributed by atoms with Crippen molar-refractivity contribution in [3.05, 3.63) is 53.7 Å². The van der Waals surface area contributed by atoms with E-state index in [4.69, 9.17) is 5.26 Å². The molecule has 8 heteroatoms. The lowest BCUT2D eigenvalue weighted by atomic mass is 10.2. The van der Waals surface area contributed by atoms with E-state index in [1.165, 1.54) is 11.0 Å². The number of nitrogens with zero attached hydrogens (tertiary/aromatic N) is 3. The van der Waals surface area contributed by atoms with Gasteiger partial charge in [0, 0.05) is 18.4 Å². The molecule has 1 amide bonds. The highest BCUT2D eigenvalue weighted by molar-refractivity contribution is 8.00. The Kier molecular flexibility index (Phi) is 6.86. The van der Waals surface area contributed by atoms with E-state index in [9.17, 15) is 18.0 Å². The molecule has 0 aliphatic carbocycles. The summed E-state index contributed by atoms with van der Waals surface area (Å²) in [5.41, 5.74) is 0.887. The molecule has 2 rings (SSSR count). The largest absolute Gasteiger partial charge is 0.417 e. The minimum absolute atomic E-state index is 0.176. The second kappa shape index (κ2) is 8.91. The lowest BCUT2D eigenvalue weighted by molar-refractivity contribution is -0.137. The molecule has 0 N–H and O–H groups in total. The Morgan fingerprint density at radius 3 is 2.44 bits per heavy atom. The first kappa shape index (κ1) is 20.8. The monoisotopic (exact) mass is 393 g/mol. The molecule has 0 bridgehead atoms. The second-order valence-corrected chi connectivity index (χ2v) is 7.24. The quantitative estimate of drug-likeness (QED) is 0.659. The molecule has 0 fully saturated rings. The van der Waals surface area contributed by atoms with Crippen LogP contribution in [0.5, 0.6) is 0 Å². The molecule has 1 heterocycles. The SMILES string of the molecule is Cc1ccc(N(CCC#N)C(=O)C(C)Sc2ccc(C(F)(F)F)cn2)cc1. The standard InChI is InChI=1S/C19H18F3N3OS/c1-13-4-7-16(8-5-13)25(11-3-10-23)18(26)14(2)27-17-9-6-15(12-24-17)19(20,21)22/h4-9,12,14H,3,11H2,1-2H3. The topological polar surface area (TPSA) is 57.0 Å². The van der Waals surface area contributed by atoms with E-state index in [-0.39, 0.29) is 18.9 Å². The highest BCUT2D eigenvalue weighted by Crippen LogP contribution is 2.31. The molecule has 0 radical (unpaired) electrons. The summed E-state index contributed by atoms with van der Waals surface area (Å²) in [6.07, 6.45) is -3.51. The molecule has 1 aromatic heterocycles. The van der Waals surface area contributed by atoms with E-state index < -0.39 is 17.0 Å². The number of hydrogen-bond acceptors (Lipinski definition) is 4. The Labute approximate surface area is 160 Å². The van der Waals surface area contributed by atoms with Crippen molar-refractivity contribution in [1.29, 1.82) is 5.26 Å². The minimum atomic E-state index is -4.45. The summed E-state index contributed by atoms with van der Waals surface area (Å²) >= 11 is 1.08. The van der Waals surface area contributed by atoms with Crippen molar-refractivity contribution >= 4 is 23.4 Å². The van der Waals surface area contributed by atoms with Gasteiger partial charge in [-0.3, -0.25) is 4.79 Å². The summed E-state index contributed by atoms with van der Waals surface area (Å²) in [6, 6.07) is 11.6. The maximum atomic E-state index is 12.9. The number of halogens is 3. The summed E-state index contributed by atoms with van der Waals surface area (Å²) in [5.74, 6) is -0.235. The van der Waals surface area contributed by atoms with Gasteiger partial charge in [0.15, 0.2) is 0 Å². The van der Waals surface area contributed by atoms with Crippen molar-refractivity contribution in [3.8, 4) is 6.07 Å². The Balaban J connectivity index is 2.14. The summed E-state index contributed by atoms with van der Waals surface area (Å²) in [7, 11) is 0. The van der Waals surface area contributed by atoms with Crippen LogP contribution in [-0.2, 0) is 11.0 Å². The fraction of sp³-hybridized carbons (Fsp3) is 0.316. The lowest BCUT2D eigenvalue weighted by Crippen LogP contribution is -2.37. The van der Waals surface area contributed by atoms with Crippen LogP contribution in [0.3, 0.4) is 0 Å². The van der Waals surface area contributed by atoms with Crippen molar-refractivity contribution in [3.63, 3.8) is 0 Å². The maximum Gasteiger partial charge on any atom is 0.417 e. The number of aromatic nitrogens is 1. The maximum absolute atomic E-state index is 12.9. The predicted molar refractivity (Wildman–Crippen MR) is 98.3 cm³/mol. The van der Waals surface area contributed by atoms with Crippen molar-refractivity contribution in [1.82, 2.24) is 4.98 Å². The van der Waals surface area contributed by atoms with E-state index in [0.717, 1.165) is 29.6 Å². The number of nitriles is 1. The smallest absolute Gasteiger partial charge is 0.310 e. The third-order valence-corrected chi connectivity index (χ3v) is 4.81. The number of pyridine rings is 1. The van der Waals surface area contributed by atoms with E-state index >= 15 is 0 Å². The first-order valence-electron chi connectivity index (χ1n) is 8.17. The Morgan fingerprint density at radius 2 is 1.93 bits per heavy atom. The molecule has 0 saturated carbocycles. The van der Waals surface area contributed by atoms with Gasteiger partial charge in [-0.15, -0.1) is 0 Å². The number of carbonyl (C=O) groups is 1. The molecule has 1 aromatic carbocycles. The zero-order valence-electron chi connectivity index (χ0n) is 14.8. The summed E-state index contributed by atoms with van der Waals surface area (Å²) < 4.78 is 37.9. The Bertz CT molecular complexity index is 814. The molecular formula is C19H18F3N3OS. The number of hydrogen-bond donors (Lipinski definition) is 0. The van der Waals surface area contributed by atoms with Crippen molar-refractivity contribution < 1.29 is 18.0 Å². The highest BCUT2D eigenvalue weighted by atomic mass is 32.2. The number of thioether (sulfide) groups is 1. The molecule has 142 valence electrons. The fourth-order valence-corrected chi connectivity index (χ4v) is 3.17. The number of anilines is 1. The van der Waals surface area contributed by atoms with Crippen LogP contribution in [0, 0.1) is 18.3 Å². The number of rotatable bonds is 6. The third kappa shape index (κ3) is 5.73. The van der Waals surface area contributed by atoms with Crippen molar-refractivity contribution in [2.45, 2.75) is 36.7 Å². The molecule has 2 aromatic rings. The normalized spacial score (nSPS) is 12.3. The van der Waals surface area contributed by atoms with Gasteiger partial charge in [0.05, 0.1) is 28.3 Å². The molecule has 0 saturated heterocycles. The molecule has 27 heavy (non-hydrogen) atoms. The fourth-order valence-electron chi connectivity index (χ4n) is 2.32. The molecule has 1 atom stereocenters. The zero-order valence-corrected chi connectivity index (χ0v) is 15.6. The van der Waals surface area contributed by atoms with Gasteiger partial charge < -0.3 is 4.90 Å². The van der Waals surface area contributed by atoms with Gasteiger partial charge >= 0.3 is 6.18 Å². The van der Waals surface area contributed by atoms with Gasteiger partial charge in [0.1, 0.15) is 0 Å². The number of aryl methyl sites for hydroxylation is 1. The molecule has 0 aliphatic heterocycles. The van der Waals surface area contributed by atoms with Crippen molar-refractivity contribution in [2.24, 2.45) is 0 Å². The Hall–Kier alpha value is -2.53. The average Bonchev–Trinajstić information content (AvgIpc) is 2.63. The number of benzene rings is 1. The van der Waals surface area contributed by atoms with Crippen LogP contribution in [-0.4, -0.2) is 22.7 Å². The first-order chi connectivity index (χ1) is 12.7. The van der Waals surface area contributed by atoms with Crippen molar-refractivity contribution in [2.75, 3.05) is 11.4 Å². The summed E-state index contributed by atoms with van der Waals surface area (Å²) in [5, 5.41) is 8.61. The predicted octanol–water partition coefficient (Wildman–Crippen LogP) is 4.84. The van der Waals surface area contributed by atoms with Crippen LogP contribution in [0.25, 0.3) is 0 Å². The van der Waals surface area contributed by atoms with Gasteiger partial charge in [-0.2, -0.15) is 18.4 Å². The number of alkyl halides is 3. The lowest BCUT2D eigenvalue weighted by Gasteiger charge is -2.25. The second-order valence-electron chi connectivity index (χ2n) is 5.88. The zero-order chi connectivity index (χ0) is 20.0. The number of carbonyl (C=O) groups excluding carboxylic acids is 1. The van der Waals surface area contributed by atoms with Gasteiger partial charge in [0.25, 0.3) is 0 Å². The van der Waals surface area contributed by atoms with Gasteiger partial charge in [0.2, 0.25) is 5.91 Å². The Morgan fingerprint density at radius 1 is 1.26 bits per heavy atom. The van der Waals surface area contributed by atoms with Crippen LogP contribution < -0.4 is 4.90 Å². The van der Waals surface area contributed by atoms with E-state index in [1.807, 2.05) is 25.1 Å². The molecule has 0 aliphatic rings. The molecular weight excluding hydrogens is 375 g/mol. The highest BCUT2D eigenvalue weighted by Gasteiger charge is 2.31. The molecule has 4 nitrogen and oxygen atoms in total. The summed E-state index contributed by atoms with van der Waals surface area (Å²) in [6.45, 7) is 3.84. The molecule has 0 spiro atoms. The van der Waals surface area contributed by atoms with E-state index in [0.29, 0.717) is 10.7 Å². The number of amides is 1. The van der Waals surface area contributed by atoms with E-state index in [1.54, 1.807) is 19.1 Å². The average molecular weight is 393 g/mol. The van der Waals surface area contributed by atoms with Gasteiger partial charge in [-0.25, -0.2) is 4.98 Å². The van der Waals surface area contributed by atoms with Gasteiger partial charge in [-0.05, 0) is 38.1 Å². The minimum Gasteiger partial charge on any atom is -0.310 e. The van der Waals surface area contributed by atoms with Gasteiger partial charge in [-0.1, -0.05) is 29.5 Å². The third-order valence-electron chi connectivity index (χ3n) is 3.77. The van der Waals surface area contributed by atoms with Crippen LogP contribution in [0.2, 0.25) is 0 Å². The summed E-state index contributed by atoms with van der Waals surface area (Å²) in [4.78, 5) is 18.2. The van der Waals surface area contributed by atoms with Crippen LogP contribution in [0.4, 0.5) is 18.9 Å². The van der Waals surface area contributed by atoms with E-state index in [2.05, 4.69) is 4.98 Å². The van der Waals surface area contributed by atoms with Crippen LogP contribution in [0.15, 0.2) is 47.6 Å².